The van der Waals surface area contributed by atoms with E-state index in [0.29, 0.717) is 0 Å². The Morgan fingerprint density at radius 2 is 1.78 bits per heavy atom. The summed E-state index contributed by atoms with van der Waals surface area (Å²) < 4.78 is 27.6. The van der Waals surface area contributed by atoms with Gasteiger partial charge in [-0.05, 0) is 65.8 Å². The average molecular weight is 445 g/mol. The first-order chi connectivity index (χ1) is 15.5. The third-order valence-electron chi connectivity index (χ3n) is 5.56. The summed E-state index contributed by atoms with van der Waals surface area (Å²) in [5.41, 5.74) is 1.70. The second kappa shape index (κ2) is 8.05. The van der Waals surface area contributed by atoms with Crippen LogP contribution in [0.5, 0.6) is 0 Å². The van der Waals surface area contributed by atoms with Gasteiger partial charge in [-0.3, -0.25) is 14.5 Å². The highest BCUT2D eigenvalue weighted by molar-refractivity contribution is 7.92. The van der Waals surface area contributed by atoms with Crippen molar-refractivity contribution >= 4 is 38.2 Å². The van der Waals surface area contributed by atoms with E-state index in [0.717, 1.165) is 28.4 Å². The number of anilines is 2. The molecule has 7 nitrogen and oxygen atoms in total. The van der Waals surface area contributed by atoms with Gasteiger partial charge in [-0.1, -0.05) is 24.3 Å². The van der Waals surface area contributed by atoms with Gasteiger partial charge in [0.15, 0.2) is 0 Å². The summed E-state index contributed by atoms with van der Waals surface area (Å²) in [6, 6.07) is 19.3. The molecule has 32 heavy (non-hydrogen) atoms. The Balaban J connectivity index is 1.24. The predicted molar refractivity (Wildman–Crippen MR) is 123 cm³/mol. The molecule has 1 saturated carbocycles. The number of rotatable bonds is 6. The molecular formula is C24H20N4O3S. The van der Waals surface area contributed by atoms with Crippen molar-refractivity contribution in [1.29, 1.82) is 0 Å². The fourth-order valence-electron chi connectivity index (χ4n) is 3.76. The van der Waals surface area contributed by atoms with Gasteiger partial charge in [-0.15, -0.1) is 0 Å². The molecule has 0 spiro atoms. The first kappa shape index (κ1) is 20.1. The van der Waals surface area contributed by atoms with Crippen molar-refractivity contribution in [3.8, 4) is 0 Å². The highest BCUT2D eigenvalue weighted by Gasteiger charge is 2.44. The zero-order valence-corrected chi connectivity index (χ0v) is 17.8. The van der Waals surface area contributed by atoms with Gasteiger partial charge >= 0.3 is 0 Å². The number of hydrogen-bond donors (Lipinski definition) is 2. The number of nitrogens with one attached hydrogen (secondary N) is 2. The summed E-state index contributed by atoms with van der Waals surface area (Å²) in [5.74, 6) is 0.190. The quantitative estimate of drug-likeness (QED) is 0.465. The first-order valence-electron chi connectivity index (χ1n) is 10.2. The van der Waals surface area contributed by atoms with Gasteiger partial charge in [0.25, 0.3) is 10.0 Å². The maximum Gasteiger partial charge on any atom is 0.263 e. The van der Waals surface area contributed by atoms with E-state index >= 15 is 0 Å². The minimum atomic E-state index is -3.72. The highest BCUT2D eigenvalue weighted by Crippen LogP contribution is 2.48. The summed E-state index contributed by atoms with van der Waals surface area (Å²) >= 11 is 0. The number of fused-ring (bicyclic) bond motifs is 1. The molecule has 4 aromatic rings. The van der Waals surface area contributed by atoms with Crippen LogP contribution in [-0.4, -0.2) is 24.3 Å². The SMILES string of the molecule is O=C(Nc1ccc2cnccc2c1)C1CC1c1ccc(S(=O)(=O)Nc2ccccn2)cc1. The monoisotopic (exact) mass is 444 g/mol. The number of nitrogens with zero attached hydrogens (tertiary/aromatic N) is 2. The van der Waals surface area contributed by atoms with Crippen LogP contribution in [0.2, 0.25) is 0 Å². The molecule has 2 aromatic heterocycles. The van der Waals surface area contributed by atoms with Gasteiger partial charge in [0.2, 0.25) is 5.91 Å². The van der Waals surface area contributed by atoms with Gasteiger partial charge in [0.1, 0.15) is 5.82 Å². The zero-order valence-electron chi connectivity index (χ0n) is 17.0. The van der Waals surface area contributed by atoms with Crippen molar-refractivity contribution in [2.75, 3.05) is 10.0 Å². The lowest BCUT2D eigenvalue weighted by molar-refractivity contribution is -0.117. The number of pyridine rings is 2. The second-order valence-electron chi connectivity index (χ2n) is 7.77. The van der Waals surface area contributed by atoms with Crippen LogP contribution in [0.3, 0.4) is 0 Å². The molecule has 160 valence electrons. The molecule has 0 saturated heterocycles. The maximum atomic E-state index is 12.7. The van der Waals surface area contributed by atoms with Gasteiger partial charge in [0.05, 0.1) is 4.90 Å². The molecule has 2 atom stereocenters. The summed E-state index contributed by atoms with van der Waals surface area (Å²) in [4.78, 5) is 20.9. The molecule has 5 rings (SSSR count). The van der Waals surface area contributed by atoms with E-state index in [1.807, 2.05) is 24.3 Å². The molecule has 2 heterocycles. The van der Waals surface area contributed by atoms with E-state index in [1.54, 1.807) is 54.9 Å². The van der Waals surface area contributed by atoms with Gasteiger partial charge < -0.3 is 5.32 Å². The molecule has 0 aliphatic heterocycles. The molecule has 8 heteroatoms. The van der Waals surface area contributed by atoms with Crippen LogP contribution in [0.15, 0.2) is 90.2 Å². The predicted octanol–water partition coefficient (Wildman–Crippen LogP) is 4.17. The zero-order chi connectivity index (χ0) is 22.1. The fraction of sp³-hybridized carbons (Fsp3) is 0.125. The Bertz CT molecular complexity index is 1390. The number of carbonyl (C=O) groups excluding carboxylic acids is 1. The van der Waals surface area contributed by atoms with Crippen LogP contribution < -0.4 is 10.0 Å². The van der Waals surface area contributed by atoms with Crippen molar-refractivity contribution < 1.29 is 13.2 Å². The third-order valence-corrected chi connectivity index (χ3v) is 6.93. The molecule has 1 aliphatic rings. The largest absolute Gasteiger partial charge is 0.326 e. The topological polar surface area (TPSA) is 101 Å². The summed E-state index contributed by atoms with van der Waals surface area (Å²) in [6.45, 7) is 0. The van der Waals surface area contributed by atoms with Crippen molar-refractivity contribution in [1.82, 2.24) is 9.97 Å². The van der Waals surface area contributed by atoms with Gasteiger partial charge in [-0.2, -0.15) is 0 Å². The Kier molecular flexibility index (Phi) is 5.07. The summed E-state index contributed by atoms with van der Waals surface area (Å²) in [6.07, 6.45) is 5.77. The van der Waals surface area contributed by atoms with Crippen LogP contribution in [0.4, 0.5) is 11.5 Å². The minimum absolute atomic E-state index is 0.0306. The van der Waals surface area contributed by atoms with E-state index in [-0.39, 0.29) is 28.5 Å². The van der Waals surface area contributed by atoms with E-state index in [4.69, 9.17) is 0 Å². The highest BCUT2D eigenvalue weighted by atomic mass is 32.2. The van der Waals surface area contributed by atoms with Crippen LogP contribution >= 0.6 is 0 Å². The summed E-state index contributed by atoms with van der Waals surface area (Å²) in [5, 5.41) is 5.02. The Morgan fingerprint density at radius 1 is 0.938 bits per heavy atom. The number of aromatic nitrogens is 2. The lowest BCUT2D eigenvalue weighted by Gasteiger charge is -2.08. The second-order valence-corrected chi connectivity index (χ2v) is 9.45. The van der Waals surface area contributed by atoms with E-state index in [1.165, 1.54) is 6.20 Å². The third kappa shape index (κ3) is 4.17. The summed E-state index contributed by atoms with van der Waals surface area (Å²) in [7, 11) is -3.72. The molecule has 2 unspecified atom stereocenters. The normalized spacial score (nSPS) is 17.6. The van der Waals surface area contributed by atoms with E-state index in [2.05, 4.69) is 20.0 Å². The molecule has 1 amide bonds. The molecular weight excluding hydrogens is 424 g/mol. The molecule has 0 bridgehead atoms. The molecule has 1 aliphatic carbocycles. The maximum absolute atomic E-state index is 12.7. The average Bonchev–Trinajstić information content (AvgIpc) is 3.61. The Labute approximate surface area is 185 Å². The van der Waals surface area contributed by atoms with Gasteiger partial charge in [0, 0.05) is 35.6 Å². The van der Waals surface area contributed by atoms with E-state index in [9.17, 15) is 13.2 Å². The smallest absolute Gasteiger partial charge is 0.263 e. The molecule has 1 fully saturated rings. The molecule has 2 aromatic carbocycles. The number of benzene rings is 2. The standard InChI is InChI=1S/C24H20N4O3S/c29-24(27-19-7-4-18-15-25-12-10-17(18)13-19)22-14-21(22)16-5-8-20(9-6-16)32(30,31)28-23-3-1-2-11-26-23/h1-13,15,21-22H,14H2,(H,26,28)(H,27,29). The van der Waals surface area contributed by atoms with Crippen LogP contribution in [0.1, 0.15) is 17.9 Å². The van der Waals surface area contributed by atoms with Crippen molar-refractivity contribution in [3.63, 3.8) is 0 Å². The number of carbonyl (C=O) groups is 1. The minimum Gasteiger partial charge on any atom is -0.326 e. The van der Waals surface area contributed by atoms with E-state index < -0.39 is 10.0 Å². The van der Waals surface area contributed by atoms with Crippen molar-refractivity contribution in [2.45, 2.75) is 17.2 Å². The molecule has 2 N–H and O–H groups in total. The number of hydrogen-bond acceptors (Lipinski definition) is 5. The fourth-order valence-corrected chi connectivity index (χ4v) is 4.77. The first-order valence-corrected chi connectivity index (χ1v) is 11.7. The Morgan fingerprint density at radius 3 is 2.56 bits per heavy atom. The Hall–Kier alpha value is -3.78. The van der Waals surface area contributed by atoms with Gasteiger partial charge in [-0.25, -0.2) is 13.4 Å². The van der Waals surface area contributed by atoms with Crippen LogP contribution in [0, 0.1) is 5.92 Å². The number of amides is 1. The number of sulfonamides is 1. The molecule has 0 radical (unpaired) electrons. The van der Waals surface area contributed by atoms with Crippen LogP contribution in [-0.2, 0) is 14.8 Å². The van der Waals surface area contributed by atoms with Crippen LogP contribution in [0.25, 0.3) is 10.8 Å². The van der Waals surface area contributed by atoms with Crippen molar-refractivity contribution in [2.24, 2.45) is 5.92 Å². The lowest BCUT2D eigenvalue weighted by Crippen LogP contribution is -2.15. The lowest BCUT2D eigenvalue weighted by atomic mass is 10.1. The van der Waals surface area contributed by atoms with Crippen molar-refractivity contribution in [3.05, 3.63) is 90.9 Å².